The molecule has 0 aliphatic carbocycles. The molecule has 1 saturated heterocycles. The molecule has 5 heteroatoms. The molecule has 0 radical (unpaired) electrons. The Labute approximate surface area is 96.9 Å². The summed E-state index contributed by atoms with van der Waals surface area (Å²) < 4.78 is 10.2. The second-order valence-corrected chi connectivity index (χ2v) is 3.90. The van der Waals surface area contributed by atoms with Gasteiger partial charge in [0.25, 0.3) is 0 Å². The van der Waals surface area contributed by atoms with E-state index < -0.39 is 0 Å². The van der Waals surface area contributed by atoms with E-state index in [0.29, 0.717) is 26.4 Å². The molecule has 1 heterocycles. The molecule has 1 aliphatic heterocycles. The molecular weight excluding hydrogens is 208 g/mol. The van der Waals surface area contributed by atoms with E-state index in [0.717, 1.165) is 25.8 Å². The molecule has 1 rings (SSSR count). The van der Waals surface area contributed by atoms with Crippen molar-refractivity contribution in [1.29, 1.82) is 0 Å². The van der Waals surface area contributed by atoms with Crippen LogP contribution < -0.4 is 10.6 Å². The molecule has 2 N–H and O–H groups in total. The lowest BCUT2D eigenvalue weighted by molar-refractivity contribution is -0.122. The quantitative estimate of drug-likeness (QED) is 0.600. The highest BCUT2D eigenvalue weighted by molar-refractivity contribution is 5.81. The normalized spacial score (nSPS) is 21.6. The van der Waals surface area contributed by atoms with Crippen LogP contribution in [0.5, 0.6) is 0 Å². The van der Waals surface area contributed by atoms with E-state index in [1.165, 1.54) is 0 Å². The molecule has 1 atom stereocenters. The highest BCUT2D eigenvalue weighted by Gasteiger charge is 2.19. The summed E-state index contributed by atoms with van der Waals surface area (Å²) in [6.07, 6.45) is 3.10. The summed E-state index contributed by atoms with van der Waals surface area (Å²) in [5.74, 6) is 0.120. The van der Waals surface area contributed by atoms with Crippen LogP contribution in [-0.4, -0.2) is 52.0 Å². The third-order valence-corrected chi connectivity index (χ3v) is 2.60. The van der Waals surface area contributed by atoms with Crippen LogP contribution in [0, 0.1) is 0 Å². The highest BCUT2D eigenvalue weighted by atomic mass is 16.5. The maximum absolute atomic E-state index is 11.5. The summed E-state index contributed by atoms with van der Waals surface area (Å²) in [4.78, 5) is 11.5. The Balaban J connectivity index is 2.04. The molecule has 1 aliphatic rings. The van der Waals surface area contributed by atoms with Crippen molar-refractivity contribution in [2.24, 2.45) is 0 Å². The van der Waals surface area contributed by atoms with Crippen molar-refractivity contribution < 1.29 is 14.3 Å². The van der Waals surface area contributed by atoms with Gasteiger partial charge in [0.1, 0.15) is 0 Å². The standard InChI is InChI=1S/C11H22N2O3/c1-15-8-9-16-7-6-12-10-4-2-3-5-13-11(10)14/h10,12H,2-9H2,1H3,(H,13,14). The summed E-state index contributed by atoms with van der Waals surface area (Å²) in [6, 6.07) is -0.0477. The predicted molar refractivity (Wildman–Crippen MR) is 61.3 cm³/mol. The van der Waals surface area contributed by atoms with Gasteiger partial charge in [-0.2, -0.15) is 0 Å². The van der Waals surface area contributed by atoms with Crippen molar-refractivity contribution >= 4 is 5.91 Å². The fourth-order valence-corrected chi connectivity index (χ4v) is 1.68. The Hall–Kier alpha value is -0.650. The third-order valence-electron chi connectivity index (χ3n) is 2.60. The Morgan fingerprint density at radius 1 is 1.38 bits per heavy atom. The number of nitrogens with one attached hydrogen (secondary N) is 2. The zero-order valence-corrected chi connectivity index (χ0v) is 9.96. The summed E-state index contributed by atoms with van der Waals surface area (Å²) in [5, 5.41) is 6.10. The van der Waals surface area contributed by atoms with E-state index in [1.54, 1.807) is 7.11 Å². The second-order valence-electron chi connectivity index (χ2n) is 3.90. The maximum Gasteiger partial charge on any atom is 0.237 e. The predicted octanol–water partition coefficient (Wildman–Crippen LogP) is -0.0923. The van der Waals surface area contributed by atoms with Crippen molar-refractivity contribution in [1.82, 2.24) is 10.6 Å². The smallest absolute Gasteiger partial charge is 0.237 e. The molecule has 0 aromatic rings. The number of rotatable bonds is 7. The zero-order chi connectivity index (χ0) is 11.6. The molecule has 1 amide bonds. The number of amides is 1. The van der Waals surface area contributed by atoms with E-state index in [4.69, 9.17) is 9.47 Å². The van der Waals surface area contributed by atoms with Gasteiger partial charge in [-0.05, 0) is 19.3 Å². The van der Waals surface area contributed by atoms with E-state index in [9.17, 15) is 4.79 Å². The number of methoxy groups -OCH3 is 1. The Bertz CT molecular complexity index is 200. The first-order valence-electron chi connectivity index (χ1n) is 5.92. The third kappa shape index (κ3) is 5.44. The number of ether oxygens (including phenoxy) is 2. The van der Waals surface area contributed by atoms with Crippen LogP contribution in [0.2, 0.25) is 0 Å². The maximum atomic E-state index is 11.5. The average Bonchev–Trinajstić information content (AvgIpc) is 2.49. The monoisotopic (exact) mass is 230 g/mol. The van der Waals surface area contributed by atoms with Crippen molar-refractivity contribution in [3.8, 4) is 0 Å². The van der Waals surface area contributed by atoms with Gasteiger partial charge < -0.3 is 20.1 Å². The molecule has 0 bridgehead atoms. The van der Waals surface area contributed by atoms with Gasteiger partial charge in [-0.15, -0.1) is 0 Å². The lowest BCUT2D eigenvalue weighted by Gasteiger charge is -2.14. The number of hydrogen-bond acceptors (Lipinski definition) is 4. The fraction of sp³-hybridized carbons (Fsp3) is 0.909. The van der Waals surface area contributed by atoms with Crippen LogP contribution in [-0.2, 0) is 14.3 Å². The van der Waals surface area contributed by atoms with Crippen LogP contribution in [0.15, 0.2) is 0 Å². The lowest BCUT2D eigenvalue weighted by atomic mass is 10.1. The number of hydrogen-bond donors (Lipinski definition) is 2. The van der Waals surface area contributed by atoms with Crippen molar-refractivity contribution in [2.45, 2.75) is 25.3 Å². The van der Waals surface area contributed by atoms with Crippen LogP contribution in [0.25, 0.3) is 0 Å². The van der Waals surface area contributed by atoms with Crippen molar-refractivity contribution in [2.75, 3.05) is 40.0 Å². The minimum absolute atomic E-state index is 0.0477. The van der Waals surface area contributed by atoms with Crippen LogP contribution >= 0.6 is 0 Å². The SMILES string of the molecule is COCCOCCNC1CCCCNC1=O. The number of carbonyl (C=O) groups is 1. The topological polar surface area (TPSA) is 59.6 Å². The van der Waals surface area contributed by atoms with Gasteiger partial charge in [0.2, 0.25) is 5.91 Å². The summed E-state index contributed by atoms with van der Waals surface area (Å²) in [6.45, 7) is 3.36. The van der Waals surface area contributed by atoms with E-state index >= 15 is 0 Å². The Kier molecular flexibility index (Phi) is 7.12. The van der Waals surface area contributed by atoms with Crippen LogP contribution in [0.1, 0.15) is 19.3 Å². The van der Waals surface area contributed by atoms with Gasteiger partial charge in [-0.3, -0.25) is 4.79 Å². The van der Waals surface area contributed by atoms with Gasteiger partial charge in [0, 0.05) is 20.2 Å². The van der Waals surface area contributed by atoms with Crippen molar-refractivity contribution in [3.05, 3.63) is 0 Å². The van der Waals surface area contributed by atoms with Gasteiger partial charge in [0.15, 0.2) is 0 Å². The fourth-order valence-electron chi connectivity index (χ4n) is 1.68. The average molecular weight is 230 g/mol. The van der Waals surface area contributed by atoms with Gasteiger partial charge in [-0.25, -0.2) is 0 Å². The molecule has 1 fully saturated rings. The zero-order valence-electron chi connectivity index (χ0n) is 9.96. The molecule has 0 aromatic heterocycles. The molecule has 0 saturated carbocycles. The summed E-state index contributed by atoms with van der Waals surface area (Å²) in [7, 11) is 1.65. The first kappa shape index (κ1) is 13.4. The Morgan fingerprint density at radius 2 is 2.25 bits per heavy atom. The first-order valence-corrected chi connectivity index (χ1v) is 5.92. The van der Waals surface area contributed by atoms with Crippen molar-refractivity contribution in [3.63, 3.8) is 0 Å². The Morgan fingerprint density at radius 3 is 3.06 bits per heavy atom. The molecule has 94 valence electrons. The lowest BCUT2D eigenvalue weighted by Crippen LogP contribution is -2.43. The highest BCUT2D eigenvalue weighted by Crippen LogP contribution is 2.04. The summed E-state index contributed by atoms with van der Waals surface area (Å²) in [5.41, 5.74) is 0. The largest absolute Gasteiger partial charge is 0.382 e. The summed E-state index contributed by atoms with van der Waals surface area (Å²) >= 11 is 0. The van der Waals surface area contributed by atoms with Gasteiger partial charge in [-0.1, -0.05) is 0 Å². The molecule has 0 aromatic carbocycles. The minimum Gasteiger partial charge on any atom is -0.382 e. The van der Waals surface area contributed by atoms with Crippen LogP contribution in [0.3, 0.4) is 0 Å². The molecular formula is C11H22N2O3. The molecule has 5 nitrogen and oxygen atoms in total. The van der Waals surface area contributed by atoms with Gasteiger partial charge >= 0.3 is 0 Å². The van der Waals surface area contributed by atoms with E-state index in [1.807, 2.05) is 0 Å². The van der Waals surface area contributed by atoms with E-state index in [2.05, 4.69) is 10.6 Å². The van der Waals surface area contributed by atoms with E-state index in [-0.39, 0.29) is 11.9 Å². The molecule has 16 heavy (non-hydrogen) atoms. The number of carbonyl (C=O) groups excluding carboxylic acids is 1. The second kappa shape index (κ2) is 8.50. The molecule has 0 spiro atoms. The molecule has 1 unspecified atom stereocenters. The van der Waals surface area contributed by atoms with Crippen LogP contribution in [0.4, 0.5) is 0 Å². The van der Waals surface area contributed by atoms with Gasteiger partial charge in [0.05, 0.1) is 25.9 Å². The first-order chi connectivity index (χ1) is 7.84. The minimum atomic E-state index is -0.0477.